The predicted molar refractivity (Wildman–Crippen MR) is 46.1 cm³/mol. The third-order valence-corrected chi connectivity index (χ3v) is 2.85. The molecular weight excluding hydrogens is 359 g/mol. The van der Waals surface area contributed by atoms with Crippen LogP contribution in [0.2, 0.25) is 0 Å². The number of carbonyl (C=O) groups excluding carboxylic acids is 1. The molecule has 1 rings (SSSR count). The molecule has 0 aliphatic carbocycles. The minimum Gasteiger partial charge on any atom is -0.274 e. The van der Waals surface area contributed by atoms with Crippen molar-refractivity contribution in [2.75, 3.05) is 0 Å². The fourth-order valence-electron chi connectivity index (χ4n) is 0.909. The van der Waals surface area contributed by atoms with Crippen molar-refractivity contribution in [1.29, 1.82) is 0 Å². The van der Waals surface area contributed by atoms with E-state index in [1.807, 2.05) is 0 Å². The third-order valence-electron chi connectivity index (χ3n) is 1.87. The summed E-state index contributed by atoms with van der Waals surface area (Å²) >= 11 is 13.0. The van der Waals surface area contributed by atoms with E-state index in [-0.39, 0.29) is 0 Å². The summed E-state index contributed by atoms with van der Waals surface area (Å²) in [6.45, 7) is 0. The van der Waals surface area contributed by atoms with Crippen LogP contribution in [-0.2, 0) is 14.3 Å². The Morgan fingerprint density at radius 1 is 0.947 bits per heavy atom. The first kappa shape index (κ1) is 17.0. The first-order valence-corrected chi connectivity index (χ1v) is 5.04. The van der Waals surface area contributed by atoms with Crippen molar-refractivity contribution in [3.63, 3.8) is 0 Å². The quantitative estimate of drug-likeness (QED) is 0.440. The van der Waals surface area contributed by atoms with Crippen LogP contribution < -0.4 is 0 Å². The van der Waals surface area contributed by atoms with Gasteiger partial charge in [0.1, 0.15) is 0 Å². The Morgan fingerprint density at radius 2 is 1.26 bits per heavy atom. The van der Waals surface area contributed by atoms with Gasteiger partial charge in [0.05, 0.1) is 0 Å². The Balaban J connectivity index is 3.27. The maximum atomic E-state index is 13.4. The predicted octanol–water partition coefficient (Wildman–Crippen LogP) is 3.42. The Hall–Kier alpha value is -0.0300. The summed E-state index contributed by atoms with van der Waals surface area (Å²) in [6.07, 6.45) is 0. The number of rotatable bonds is 3. The van der Waals surface area contributed by atoms with Gasteiger partial charge in [0.25, 0.3) is 5.24 Å². The van der Waals surface area contributed by atoms with Crippen LogP contribution in [-0.4, -0.2) is 33.8 Å². The molecule has 1 aliphatic rings. The molecule has 1 aliphatic heterocycles. The molecule has 19 heavy (non-hydrogen) atoms. The van der Waals surface area contributed by atoms with E-state index in [0.717, 1.165) is 0 Å². The Labute approximate surface area is 114 Å². The topological polar surface area (TPSA) is 35.5 Å². The zero-order valence-corrected chi connectivity index (χ0v) is 10.3. The molecule has 2 unspecified atom stereocenters. The van der Waals surface area contributed by atoms with E-state index in [2.05, 4.69) is 44.3 Å². The summed E-state index contributed by atoms with van der Waals surface area (Å²) in [5, 5.41) is -12.2. The average molecular weight is 359 g/mol. The van der Waals surface area contributed by atoms with Gasteiger partial charge in [-0.3, -0.25) is 14.3 Å². The van der Waals surface area contributed by atoms with Crippen molar-refractivity contribution >= 4 is 40.0 Å². The summed E-state index contributed by atoms with van der Waals surface area (Å²) in [7, 11) is 0. The van der Waals surface area contributed by atoms with Crippen LogP contribution in [0.4, 0.5) is 30.7 Å². The van der Waals surface area contributed by atoms with Gasteiger partial charge in [-0.05, 0) is 34.8 Å². The minimum absolute atomic E-state index is 2.91. The first-order chi connectivity index (χ1) is 8.11. The SMILES string of the molecule is O=C(Cl)C(F)(F)C(F)(F)C1(F)OC(F)(Cl)C(F)(Cl)O1. The molecule has 0 aromatic rings. The molecule has 112 valence electrons. The zero-order chi connectivity index (χ0) is 15.5. The van der Waals surface area contributed by atoms with E-state index in [1.54, 1.807) is 0 Å². The average Bonchev–Trinajstić information content (AvgIpc) is 2.30. The molecule has 0 amide bonds. The fourth-order valence-corrected chi connectivity index (χ4v) is 1.30. The minimum atomic E-state index is -6.23. The highest BCUT2D eigenvalue weighted by Crippen LogP contribution is 2.59. The summed E-state index contributed by atoms with van der Waals surface area (Å²) in [4.78, 5) is 10.1. The van der Waals surface area contributed by atoms with Crippen LogP contribution in [0.1, 0.15) is 0 Å². The van der Waals surface area contributed by atoms with Crippen LogP contribution in [0, 0.1) is 0 Å². The van der Waals surface area contributed by atoms with Crippen LogP contribution in [0.25, 0.3) is 0 Å². The van der Waals surface area contributed by atoms with E-state index in [4.69, 9.17) is 0 Å². The largest absolute Gasteiger partial charge is 0.403 e. The van der Waals surface area contributed by atoms with Gasteiger partial charge >= 0.3 is 28.5 Å². The van der Waals surface area contributed by atoms with Crippen molar-refractivity contribution in [2.45, 2.75) is 28.5 Å². The molecule has 0 aromatic heterocycles. The zero-order valence-electron chi connectivity index (χ0n) is 8.00. The molecular formula is C6Cl3F7O3. The molecule has 13 heteroatoms. The molecule has 1 saturated heterocycles. The standard InChI is InChI=1S/C6Cl3F7O3/c7-1(17)2(10,11)3(12,13)6(16)18-4(8,14)5(9,15)19-6. The van der Waals surface area contributed by atoms with Crippen LogP contribution >= 0.6 is 34.8 Å². The van der Waals surface area contributed by atoms with E-state index >= 15 is 0 Å². The van der Waals surface area contributed by atoms with Gasteiger partial charge in [-0.2, -0.15) is 30.7 Å². The van der Waals surface area contributed by atoms with Gasteiger partial charge in [0.15, 0.2) is 0 Å². The summed E-state index contributed by atoms with van der Waals surface area (Å²) < 4.78 is 96.9. The van der Waals surface area contributed by atoms with Crippen molar-refractivity contribution in [1.82, 2.24) is 0 Å². The van der Waals surface area contributed by atoms with Crippen molar-refractivity contribution in [2.24, 2.45) is 0 Å². The first-order valence-electron chi connectivity index (χ1n) is 3.91. The second-order valence-electron chi connectivity index (χ2n) is 3.20. The van der Waals surface area contributed by atoms with E-state index in [9.17, 15) is 35.5 Å². The van der Waals surface area contributed by atoms with Crippen LogP contribution in [0.3, 0.4) is 0 Å². The van der Waals surface area contributed by atoms with Crippen molar-refractivity contribution in [3.05, 3.63) is 0 Å². The van der Waals surface area contributed by atoms with E-state index < -0.39 is 33.8 Å². The van der Waals surface area contributed by atoms with Gasteiger partial charge in [-0.15, -0.1) is 0 Å². The van der Waals surface area contributed by atoms with Gasteiger partial charge < -0.3 is 0 Å². The number of hydrogen-bond acceptors (Lipinski definition) is 3. The van der Waals surface area contributed by atoms with Gasteiger partial charge in [0, 0.05) is 0 Å². The number of hydrogen-bond donors (Lipinski definition) is 0. The lowest BCUT2D eigenvalue weighted by Gasteiger charge is -2.31. The fraction of sp³-hybridized carbons (Fsp3) is 0.833. The third kappa shape index (κ3) is 2.27. The maximum absolute atomic E-state index is 13.4. The molecule has 0 saturated carbocycles. The normalized spacial score (nSPS) is 40.5. The second kappa shape index (κ2) is 4.23. The number of ether oxygens (including phenoxy) is 2. The van der Waals surface area contributed by atoms with Crippen molar-refractivity contribution < 1.29 is 45.0 Å². The van der Waals surface area contributed by atoms with Crippen LogP contribution in [0.15, 0.2) is 0 Å². The Morgan fingerprint density at radius 3 is 1.53 bits per heavy atom. The number of alkyl halides is 9. The van der Waals surface area contributed by atoms with Crippen molar-refractivity contribution in [3.8, 4) is 0 Å². The summed E-state index contributed by atoms with van der Waals surface area (Å²) in [5.41, 5.74) is 0. The molecule has 1 fully saturated rings. The van der Waals surface area contributed by atoms with Gasteiger partial charge in [0.2, 0.25) is 0 Å². The molecule has 0 bridgehead atoms. The molecule has 2 atom stereocenters. The summed E-state index contributed by atoms with van der Waals surface area (Å²) in [5.74, 6) is -12.2. The van der Waals surface area contributed by atoms with Gasteiger partial charge in [-0.1, -0.05) is 0 Å². The lowest BCUT2D eigenvalue weighted by Crippen LogP contribution is -2.60. The van der Waals surface area contributed by atoms with E-state index in [0.29, 0.717) is 0 Å². The second-order valence-corrected chi connectivity index (χ2v) is 4.51. The molecule has 0 N–H and O–H groups in total. The molecule has 1 heterocycles. The maximum Gasteiger partial charge on any atom is 0.403 e. The van der Waals surface area contributed by atoms with E-state index in [1.165, 1.54) is 0 Å². The smallest absolute Gasteiger partial charge is 0.274 e. The van der Waals surface area contributed by atoms with Crippen LogP contribution in [0.5, 0.6) is 0 Å². The highest BCUT2D eigenvalue weighted by Gasteiger charge is 2.84. The molecule has 0 radical (unpaired) electrons. The molecule has 3 nitrogen and oxygen atoms in total. The summed E-state index contributed by atoms with van der Waals surface area (Å²) in [6, 6.07) is -5.48. The lowest BCUT2D eigenvalue weighted by molar-refractivity contribution is -0.415. The lowest BCUT2D eigenvalue weighted by atomic mass is 10.1. The number of halogens is 10. The molecule has 0 spiro atoms. The Kier molecular flexibility index (Phi) is 3.79. The monoisotopic (exact) mass is 358 g/mol. The number of carbonyl (C=O) groups is 1. The Bertz CT molecular complexity index is 397. The molecule has 0 aromatic carbocycles. The highest BCUT2D eigenvalue weighted by atomic mass is 35.5. The highest BCUT2D eigenvalue weighted by molar-refractivity contribution is 6.65. The van der Waals surface area contributed by atoms with Gasteiger partial charge in [-0.25, -0.2) is 0 Å².